The number of hydrogen-bond donors (Lipinski definition) is 1. The van der Waals surface area contributed by atoms with Gasteiger partial charge in [0.1, 0.15) is 11.5 Å². The monoisotopic (exact) mass is 462 g/mol. The second-order valence-corrected chi connectivity index (χ2v) is 8.16. The first-order valence-electron chi connectivity index (χ1n) is 12.0. The summed E-state index contributed by atoms with van der Waals surface area (Å²) >= 11 is 0. The average Bonchev–Trinajstić information content (AvgIpc) is 2.88. The summed E-state index contributed by atoms with van der Waals surface area (Å²) in [6, 6.07) is 20.8. The lowest BCUT2D eigenvalue weighted by Gasteiger charge is -2.10. The lowest BCUT2D eigenvalue weighted by Crippen LogP contribution is -2.02. The van der Waals surface area contributed by atoms with E-state index in [4.69, 9.17) is 19.3 Å². The maximum atomic E-state index is 11.0. The smallest absolute Gasteiger partial charge is 0.330 e. The molecule has 3 aromatic carbocycles. The molecule has 5 nitrogen and oxygen atoms in total. The van der Waals surface area contributed by atoms with Crippen LogP contribution in [-0.2, 0) is 9.53 Å². The molecular weight excluding hydrogens is 428 g/mol. The Labute approximate surface area is 202 Å². The molecule has 0 saturated carbocycles. The van der Waals surface area contributed by atoms with Gasteiger partial charge in [0.05, 0.1) is 19.8 Å². The molecule has 0 amide bonds. The highest BCUT2D eigenvalue weighted by molar-refractivity contribution is 5.88. The molecule has 3 rings (SSSR count). The predicted molar refractivity (Wildman–Crippen MR) is 136 cm³/mol. The molecule has 0 aliphatic heterocycles. The van der Waals surface area contributed by atoms with Crippen molar-refractivity contribution in [2.75, 3.05) is 26.4 Å². The van der Waals surface area contributed by atoms with Gasteiger partial charge < -0.3 is 19.3 Å². The van der Waals surface area contributed by atoms with Crippen LogP contribution in [0.3, 0.4) is 0 Å². The van der Waals surface area contributed by atoms with E-state index in [1.807, 2.05) is 18.2 Å². The molecule has 180 valence electrons. The van der Waals surface area contributed by atoms with Gasteiger partial charge in [0.2, 0.25) is 0 Å². The molecule has 0 aliphatic rings. The number of rotatable bonds is 15. The maximum absolute atomic E-state index is 11.0. The predicted octanol–water partition coefficient (Wildman–Crippen LogP) is 6.33. The average molecular weight is 463 g/mol. The van der Waals surface area contributed by atoms with E-state index in [2.05, 4.69) is 49.0 Å². The number of esters is 1. The third kappa shape index (κ3) is 8.23. The number of aliphatic hydroxyl groups is 1. The van der Waals surface area contributed by atoms with Gasteiger partial charge in [0, 0.05) is 12.7 Å². The fourth-order valence-electron chi connectivity index (χ4n) is 3.62. The van der Waals surface area contributed by atoms with E-state index in [1.165, 1.54) is 11.5 Å². The molecule has 0 fully saturated rings. The SMILES string of the molecule is C=CC(=O)OCCCCCCOc1ccc2cc(-c3ccc(OCCCCO)cc3)ccc2c1. The molecule has 5 heteroatoms. The fraction of sp³-hybridized carbons (Fsp3) is 0.345. The van der Waals surface area contributed by atoms with Crippen molar-refractivity contribution >= 4 is 16.7 Å². The quantitative estimate of drug-likeness (QED) is 0.162. The highest BCUT2D eigenvalue weighted by Crippen LogP contribution is 2.28. The second-order valence-electron chi connectivity index (χ2n) is 8.16. The second kappa shape index (κ2) is 14.1. The minimum Gasteiger partial charge on any atom is -0.494 e. The van der Waals surface area contributed by atoms with Gasteiger partial charge in [0.15, 0.2) is 0 Å². The van der Waals surface area contributed by atoms with Crippen molar-refractivity contribution in [3.8, 4) is 22.6 Å². The van der Waals surface area contributed by atoms with E-state index < -0.39 is 0 Å². The molecule has 34 heavy (non-hydrogen) atoms. The maximum Gasteiger partial charge on any atom is 0.330 e. The number of carbonyl (C=O) groups excluding carboxylic acids is 1. The van der Waals surface area contributed by atoms with E-state index in [0.29, 0.717) is 19.8 Å². The van der Waals surface area contributed by atoms with Gasteiger partial charge >= 0.3 is 5.97 Å². The van der Waals surface area contributed by atoms with Gasteiger partial charge in [-0.1, -0.05) is 36.9 Å². The number of benzene rings is 3. The molecule has 0 atom stereocenters. The van der Waals surface area contributed by atoms with Crippen LogP contribution in [-0.4, -0.2) is 37.5 Å². The number of unbranched alkanes of at least 4 members (excludes halogenated alkanes) is 4. The zero-order chi connectivity index (χ0) is 24.0. The summed E-state index contributed by atoms with van der Waals surface area (Å²) in [6.07, 6.45) is 6.67. The van der Waals surface area contributed by atoms with E-state index in [1.54, 1.807) is 0 Å². The van der Waals surface area contributed by atoms with Gasteiger partial charge in [-0.2, -0.15) is 0 Å². The standard InChI is InChI=1S/C29H34O5/c1-2-29(31)34-20-7-4-3-6-18-33-28-16-13-25-21-24(9-10-26(25)22-28)23-11-14-27(15-12-23)32-19-8-5-17-30/h2,9-16,21-22,30H,1,3-8,17-20H2. The summed E-state index contributed by atoms with van der Waals surface area (Å²) in [4.78, 5) is 11.0. The van der Waals surface area contributed by atoms with E-state index in [0.717, 1.165) is 66.5 Å². The van der Waals surface area contributed by atoms with Crippen molar-refractivity contribution in [2.24, 2.45) is 0 Å². The zero-order valence-electron chi connectivity index (χ0n) is 19.7. The van der Waals surface area contributed by atoms with Crippen LogP contribution in [0.1, 0.15) is 38.5 Å². The summed E-state index contributed by atoms with van der Waals surface area (Å²) in [5.74, 6) is 1.36. The Bertz CT molecular complexity index is 1040. The Hall–Kier alpha value is -3.31. The summed E-state index contributed by atoms with van der Waals surface area (Å²) in [7, 11) is 0. The van der Waals surface area contributed by atoms with E-state index in [9.17, 15) is 4.79 Å². The Morgan fingerprint density at radius 3 is 2.03 bits per heavy atom. The van der Waals surface area contributed by atoms with E-state index >= 15 is 0 Å². The van der Waals surface area contributed by atoms with Crippen LogP contribution in [0, 0.1) is 0 Å². The number of fused-ring (bicyclic) bond motifs is 1. The van der Waals surface area contributed by atoms with Crippen molar-refractivity contribution in [3.05, 3.63) is 73.3 Å². The van der Waals surface area contributed by atoms with Gasteiger partial charge in [-0.15, -0.1) is 0 Å². The molecule has 0 radical (unpaired) electrons. The van der Waals surface area contributed by atoms with Gasteiger partial charge in [-0.05, 0) is 90.8 Å². The Morgan fingerprint density at radius 1 is 0.706 bits per heavy atom. The van der Waals surface area contributed by atoms with Crippen LogP contribution in [0.25, 0.3) is 21.9 Å². The van der Waals surface area contributed by atoms with Crippen LogP contribution in [0.5, 0.6) is 11.5 Å². The minimum absolute atomic E-state index is 0.204. The first kappa shape index (κ1) is 25.3. The Balaban J connectivity index is 1.45. The highest BCUT2D eigenvalue weighted by atomic mass is 16.5. The van der Waals surface area contributed by atoms with Crippen LogP contribution < -0.4 is 9.47 Å². The molecule has 0 bridgehead atoms. The molecule has 0 aromatic heterocycles. The van der Waals surface area contributed by atoms with Crippen LogP contribution in [0.15, 0.2) is 73.3 Å². The summed E-state index contributed by atoms with van der Waals surface area (Å²) in [5, 5.41) is 11.2. The minimum atomic E-state index is -0.361. The van der Waals surface area contributed by atoms with E-state index in [-0.39, 0.29) is 12.6 Å². The van der Waals surface area contributed by atoms with Crippen molar-refractivity contribution in [1.29, 1.82) is 0 Å². The third-order valence-corrected chi connectivity index (χ3v) is 5.54. The van der Waals surface area contributed by atoms with Crippen molar-refractivity contribution in [3.63, 3.8) is 0 Å². The van der Waals surface area contributed by atoms with Crippen molar-refractivity contribution < 1.29 is 24.1 Å². The largest absolute Gasteiger partial charge is 0.494 e. The van der Waals surface area contributed by atoms with Gasteiger partial charge in [-0.3, -0.25) is 0 Å². The first-order valence-corrected chi connectivity index (χ1v) is 12.0. The van der Waals surface area contributed by atoms with Gasteiger partial charge in [0.25, 0.3) is 0 Å². The summed E-state index contributed by atoms with van der Waals surface area (Å²) in [6.45, 7) is 5.32. The first-order chi connectivity index (χ1) is 16.7. The number of carbonyl (C=O) groups is 1. The lowest BCUT2D eigenvalue weighted by molar-refractivity contribution is -0.137. The zero-order valence-corrected chi connectivity index (χ0v) is 19.7. The molecule has 0 spiro atoms. The topological polar surface area (TPSA) is 65.0 Å². The Morgan fingerprint density at radius 2 is 1.29 bits per heavy atom. The highest BCUT2D eigenvalue weighted by Gasteiger charge is 2.03. The Kier molecular flexibility index (Phi) is 10.5. The molecule has 1 N–H and O–H groups in total. The summed E-state index contributed by atoms with van der Waals surface area (Å²) < 4.78 is 16.6. The normalized spacial score (nSPS) is 10.7. The van der Waals surface area contributed by atoms with Gasteiger partial charge in [-0.25, -0.2) is 4.79 Å². The third-order valence-electron chi connectivity index (χ3n) is 5.54. The van der Waals surface area contributed by atoms with Crippen molar-refractivity contribution in [2.45, 2.75) is 38.5 Å². The number of aliphatic hydroxyl groups excluding tert-OH is 1. The molecular formula is C29H34O5. The number of ether oxygens (including phenoxy) is 3. The van der Waals surface area contributed by atoms with Crippen LogP contribution in [0.4, 0.5) is 0 Å². The molecule has 3 aromatic rings. The van der Waals surface area contributed by atoms with Crippen molar-refractivity contribution in [1.82, 2.24) is 0 Å². The molecule has 0 aliphatic carbocycles. The lowest BCUT2D eigenvalue weighted by atomic mass is 10.0. The van der Waals surface area contributed by atoms with Crippen LogP contribution >= 0.6 is 0 Å². The van der Waals surface area contributed by atoms with Crippen LogP contribution in [0.2, 0.25) is 0 Å². The molecule has 0 saturated heterocycles. The molecule has 0 unspecified atom stereocenters. The summed E-state index contributed by atoms with van der Waals surface area (Å²) in [5.41, 5.74) is 2.30. The fourth-order valence-corrected chi connectivity index (χ4v) is 3.62. The molecule has 0 heterocycles. The number of hydrogen-bond acceptors (Lipinski definition) is 5.